The summed E-state index contributed by atoms with van der Waals surface area (Å²) in [6.45, 7) is 5.23. The lowest BCUT2D eigenvalue weighted by Crippen LogP contribution is -2.38. The molecule has 15 heavy (non-hydrogen) atoms. The van der Waals surface area contributed by atoms with Gasteiger partial charge in [-0.2, -0.15) is 0 Å². The fourth-order valence-electron chi connectivity index (χ4n) is 1.22. The van der Waals surface area contributed by atoms with E-state index in [-0.39, 0.29) is 0 Å². The maximum atomic E-state index is 9.74. The molecule has 2 N–H and O–H groups in total. The standard InChI is InChI=1S/C10H20N4O/c1-4-10(2,15)7-11-6-5-9-13-12-8-14(9)3/h8,11,15H,4-7H2,1-3H3. The topological polar surface area (TPSA) is 63.0 Å². The normalized spacial score (nSPS) is 15.2. The largest absolute Gasteiger partial charge is 0.389 e. The summed E-state index contributed by atoms with van der Waals surface area (Å²) in [6.07, 6.45) is 3.28. The maximum absolute atomic E-state index is 9.74. The molecule has 0 fully saturated rings. The van der Waals surface area contributed by atoms with Gasteiger partial charge in [0.2, 0.25) is 0 Å². The van der Waals surface area contributed by atoms with Gasteiger partial charge in [-0.05, 0) is 13.3 Å². The van der Waals surface area contributed by atoms with E-state index in [1.807, 2.05) is 25.5 Å². The van der Waals surface area contributed by atoms with Crippen LogP contribution >= 0.6 is 0 Å². The molecule has 0 bridgehead atoms. The predicted molar refractivity (Wildman–Crippen MR) is 58.5 cm³/mol. The number of hydrogen-bond donors (Lipinski definition) is 2. The first kappa shape index (κ1) is 12.1. The van der Waals surface area contributed by atoms with E-state index in [9.17, 15) is 5.11 Å². The first-order valence-corrected chi connectivity index (χ1v) is 5.31. The highest BCUT2D eigenvalue weighted by atomic mass is 16.3. The molecule has 0 spiro atoms. The van der Waals surface area contributed by atoms with Gasteiger partial charge in [-0.15, -0.1) is 10.2 Å². The highest BCUT2D eigenvalue weighted by Crippen LogP contribution is 2.05. The van der Waals surface area contributed by atoms with Gasteiger partial charge in [-0.3, -0.25) is 0 Å². The Kier molecular flexibility index (Phi) is 4.23. The van der Waals surface area contributed by atoms with Crippen LogP contribution in [-0.2, 0) is 13.5 Å². The molecule has 1 rings (SSSR count). The summed E-state index contributed by atoms with van der Waals surface area (Å²) in [5, 5.41) is 20.7. The summed E-state index contributed by atoms with van der Waals surface area (Å²) < 4.78 is 1.90. The van der Waals surface area contributed by atoms with E-state index in [2.05, 4.69) is 15.5 Å². The van der Waals surface area contributed by atoms with Crippen LogP contribution in [0.5, 0.6) is 0 Å². The lowest BCUT2D eigenvalue weighted by molar-refractivity contribution is 0.0561. The third kappa shape index (κ3) is 3.97. The summed E-state index contributed by atoms with van der Waals surface area (Å²) in [5.41, 5.74) is -0.611. The molecule has 0 saturated heterocycles. The zero-order valence-corrected chi connectivity index (χ0v) is 9.69. The molecular weight excluding hydrogens is 192 g/mol. The Morgan fingerprint density at radius 1 is 1.60 bits per heavy atom. The van der Waals surface area contributed by atoms with Crippen LogP contribution in [0.1, 0.15) is 26.1 Å². The molecule has 5 heteroatoms. The van der Waals surface area contributed by atoms with Crippen molar-refractivity contribution in [2.24, 2.45) is 7.05 Å². The second kappa shape index (κ2) is 5.23. The van der Waals surface area contributed by atoms with Crippen molar-refractivity contribution in [1.82, 2.24) is 20.1 Å². The lowest BCUT2D eigenvalue weighted by Gasteiger charge is -2.21. The average molecular weight is 212 g/mol. The predicted octanol–water partition coefficient (Wildman–Crippen LogP) is 0.108. The molecule has 0 amide bonds. The van der Waals surface area contributed by atoms with Gasteiger partial charge in [0.15, 0.2) is 0 Å². The van der Waals surface area contributed by atoms with Crippen LogP contribution < -0.4 is 5.32 Å². The average Bonchev–Trinajstić information content (AvgIpc) is 2.59. The molecule has 1 unspecified atom stereocenters. The second-order valence-electron chi connectivity index (χ2n) is 4.14. The fraction of sp³-hybridized carbons (Fsp3) is 0.800. The van der Waals surface area contributed by atoms with Crippen molar-refractivity contribution < 1.29 is 5.11 Å². The van der Waals surface area contributed by atoms with Crippen LogP contribution in [0.2, 0.25) is 0 Å². The van der Waals surface area contributed by atoms with Gasteiger partial charge in [0.1, 0.15) is 12.2 Å². The summed E-state index contributed by atoms with van der Waals surface area (Å²) in [7, 11) is 1.93. The number of rotatable bonds is 6. The van der Waals surface area contributed by atoms with Crippen LogP contribution in [0.15, 0.2) is 6.33 Å². The number of aliphatic hydroxyl groups is 1. The Labute approximate surface area is 90.5 Å². The summed E-state index contributed by atoms with van der Waals surface area (Å²) in [5.74, 6) is 0.957. The number of nitrogens with one attached hydrogen (secondary N) is 1. The first-order valence-electron chi connectivity index (χ1n) is 5.31. The molecule has 1 atom stereocenters. The van der Waals surface area contributed by atoms with Crippen molar-refractivity contribution in [1.29, 1.82) is 0 Å². The molecule has 0 aromatic carbocycles. The minimum atomic E-state index is -0.611. The van der Waals surface area contributed by atoms with Crippen molar-refractivity contribution in [3.63, 3.8) is 0 Å². The maximum Gasteiger partial charge on any atom is 0.133 e. The molecule has 0 aliphatic heterocycles. The number of aryl methyl sites for hydroxylation is 1. The van der Waals surface area contributed by atoms with Crippen LogP contribution in [0.3, 0.4) is 0 Å². The van der Waals surface area contributed by atoms with Crippen molar-refractivity contribution >= 4 is 0 Å². The number of hydrogen-bond acceptors (Lipinski definition) is 4. The molecule has 1 aromatic rings. The number of aromatic nitrogens is 3. The minimum absolute atomic E-state index is 0.611. The van der Waals surface area contributed by atoms with Gasteiger partial charge < -0.3 is 15.0 Å². The van der Waals surface area contributed by atoms with Crippen molar-refractivity contribution in [2.45, 2.75) is 32.3 Å². The minimum Gasteiger partial charge on any atom is -0.389 e. The van der Waals surface area contributed by atoms with Gasteiger partial charge >= 0.3 is 0 Å². The zero-order valence-electron chi connectivity index (χ0n) is 9.69. The molecule has 0 aliphatic rings. The molecular formula is C10H20N4O. The molecule has 1 aromatic heterocycles. The number of nitrogens with zero attached hydrogens (tertiary/aromatic N) is 3. The molecule has 0 radical (unpaired) electrons. The van der Waals surface area contributed by atoms with Gasteiger partial charge in [0, 0.05) is 26.6 Å². The monoisotopic (exact) mass is 212 g/mol. The SMILES string of the molecule is CCC(C)(O)CNCCc1nncn1C. The van der Waals surface area contributed by atoms with Crippen molar-refractivity contribution in [3.8, 4) is 0 Å². The summed E-state index contributed by atoms with van der Waals surface area (Å²) in [6, 6.07) is 0. The van der Waals surface area contributed by atoms with Gasteiger partial charge in [0.25, 0.3) is 0 Å². The van der Waals surface area contributed by atoms with E-state index in [1.54, 1.807) is 6.33 Å². The van der Waals surface area contributed by atoms with E-state index in [0.29, 0.717) is 6.54 Å². The van der Waals surface area contributed by atoms with Crippen molar-refractivity contribution in [2.75, 3.05) is 13.1 Å². The lowest BCUT2D eigenvalue weighted by atomic mass is 10.0. The molecule has 1 heterocycles. The van der Waals surface area contributed by atoms with E-state index in [0.717, 1.165) is 25.2 Å². The quantitative estimate of drug-likeness (QED) is 0.657. The smallest absolute Gasteiger partial charge is 0.133 e. The third-order valence-corrected chi connectivity index (χ3v) is 2.60. The Balaban J connectivity index is 2.20. The second-order valence-corrected chi connectivity index (χ2v) is 4.14. The van der Waals surface area contributed by atoms with Crippen molar-refractivity contribution in [3.05, 3.63) is 12.2 Å². The van der Waals surface area contributed by atoms with Crippen LogP contribution in [0.25, 0.3) is 0 Å². The van der Waals surface area contributed by atoms with Crippen LogP contribution in [0.4, 0.5) is 0 Å². The zero-order chi connectivity index (χ0) is 11.3. The third-order valence-electron chi connectivity index (χ3n) is 2.60. The Bertz CT molecular complexity index is 295. The Hall–Kier alpha value is -0.940. The molecule has 0 saturated carbocycles. The van der Waals surface area contributed by atoms with E-state index < -0.39 is 5.60 Å². The summed E-state index contributed by atoms with van der Waals surface area (Å²) in [4.78, 5) is 0. The van der Waals surface area contributed by atoms with Crippen LogP contribution in [0, 0.1) is 0 Å². The highest BCUT2D eigenvalue weighted by molar-refractivity contribution is 4.85. The van der Waals surface area contributed by atoms with Gasteiger partial charge in [0.05, 0.1) is 5.60 Å². The molecule has 0 aliphatic carbocycles. The Morgan fingerprint density at radius 2 is 2.33 bits per heavy atom. The van der Waals surface area contributed by atoms with E-state index >= 15 is 0 Å². The van der Waals surface area contributed by atoms with E-state index in [4.69, 9.17) is 0 Å². The first-order chi connectivity index (χ1) is 7.05. The molecule has 86 valence electrons. The van der Waals surface area contributed by atoms with E-state index in [1.165, 1.54) is 0 Å². The summed E-state index contributed by atoms with van der Waals surface area (Å²) >= 11 is 0. The Morgan fingerprint density at radius 3 is 2.87 bits per heavy atom. The van der Waals surface area contributed by atoms with Crippen LogP contribution in [-0.4, -0.2) is 38.6 Å². The molecule has 5 nitrogen and oxygen atoms in total. The fourth-order valence-corrected chi connectivity index (χ4v) is 1.22. The van der Waals surface area contributed by atoms with Gasteiger partial charge in [-0.1, -0.05) is 6.92 Å². The highest BCUT2D eigenvalue weighted by Gasteiger charge is 2.16. The van der Waals surface area contributed by atoms with Gasteiger partial charge in [-0.25, -0.2) is 0 Å².